The third kappa shape index (κ3) is 4.98. The smallest absolute Gasteiger partial charge is 0.421 e. The quantitative estimate of drug-likeness (QED) is 0.426. The van der Waals surface area contributed by atoms with Gasteiger partial charge in [0.05, 0.1) is 5.56 Å². The van der Waals surface area contributed by atoms with Crippen LogP contribution in [0.1, 0.15) is 18.5 Å². The van der Waals surface area contributed by atoms with Gasteiger partial charge in [0.25, 0.3) is 0 Å². The minimum Gasteiger partial charge on any atom is -0.421 e. The number of urea groups is 1. The molecule has 0 radical (unpaired) electrons. The number of pyridine rings is 2. The Balaban J connectivity index is 1.80. The summed E-state index contributed by atoms with van der Waals surface area (Å²) in [5, 5.41) is 13.9. The molecule has 0 unspecified atom stereocenters. The topological polar surface area (TPSA) is 119 Å². The van der Waals surface area contributed by atoms with Gasteiger partial charge in [0.2, 0.25) is 11.8 Å². The van der Waals surface area contributed by atoms with Crippen LogP contribution in [-0.2, 0) is 6.18 Å². The maximum absolute atomic E-state index is 13.2. The maximum atomic E-state index is 13.2. The van der Waals surface area contributed by atoms with Gasteiger partial charge in [-0.05, 0) is 19.1 Å². The second-order valence-electron chi connectivity index (χ2n) is 6.72. The molecule has 0 saturated carbocycles. The van der Waals surface area contributed by atoms with Crippen molar-refractivity contribution < 1.29 is 22.4 Å². The van der Waals surface area contributed by atoms with Crippen LogP contribution in [0.15, 0.2) is 40.5 Å². The van der Waals surface area contributed by atoms with Crippen LogP contribution in [0.5, 0.6) is 0 Å². The lowest BCUT2D eigenvalue weighted by molar-refractivity contribution is -0.140. The number of aryl methyl sites for hydroxylation is 1. The molecule has 0 aliphatic carbocycles. The first-order valence-corrected chi connectivity index (χ1v) is 10.5. The molecule has 0 fully saturated rings. The number of rotatable bonds is 5. The summed E-state index contributed by atoms with van der Waals surface area (Å²) in [6.45, 7) is 3.80. The number of carbonyl (C=O) groups excluding carboxylic acids is 1. The molecule has 9 nitrogen and oxygen atoms in total. The number of amides is 2. The van der Waals surface area contributed by atoms with Crippen molar-refractivity contribution in [3.8, 4) is 33.2 Å². The van der Waals surface area contributed by atoms with Gasteiger partial charge in [-0.25, -0.2) is 14.8 Å². The summed E-state index contributed by atoms with van der Waals surface area (Å²) < 4.78 is 44.9. The Morgan fingerprint density at radius 1 is 1.12 bits per heavy atom. The summed E-state index contributed by atoms with van der Waals surface area (Å²) in [6.07, 6.45) is -0.0884. The summed E-state index contributed by atoms with van der Waals surface area (Å²) in [6, 6.07) is 2.68. The summed E-state index contributed by atoms with van der Waals surface area (Å²) in [7, 11) is 0. The van der Waals surface area contributed by atoms with Crippen LogP contribution >= 0.6 is 11.3 Å². The Labute approximate surface area is 189 Å². The van der Waals surface area contributed by atoms with Gasteiger partial charge < -0.3 is 9.73 Å². The van der Waals surface area contributed by atoms with Crippen LogP contribution in [0.25, 0.3) is 33.2 Å². The molecule has 2 N–H and O–H groups in total. The van der Waals surface area contributed by atoms with E-state index in [-0.39, 0.29) is 16.7 Å². The highest BCUT2D eigenvalue weighted by Gasteiger charge is 2.34. The average Bonchev–Trinajstić information content (AvgIpc) is 3.43. The molecule has 0 saturated heterocycles. The highest BCUT2D eigenvalue weighted by Crippen LogP contribution is 2.38. The van der Waals surface area contributed by atoms with E-state index in [9.17, 15) is 18.0 Å². The van der Waals surface area contributed by atoms with E-state index in [1.165, 1.54) is 24.7 Å². The van der Waals surface area contributed by atoms with Gasteiger partial charge in [0, 0.05) is 54.1 Å². The average molecular weight is 475 g/mol. The highest BCUT2D eigenvalue weighted by atomic mass is 32.1. The van der Waals surface area contributed by atoms with Crippen molar-refractivity contribution in [2.24, 2.45) is 0 Å². The van der Waals surface area contributed by atoms with Gasteiger partial charge >= 0.3 is 12.2 Å². The predicted octanol–water partition coefficient (Wildman–Crippen LogP) is 4.79. The molecule has 0 atom stereocenters. The molecule has 2 amide bonds. The van der Waals surface area contributed by atoms with Crippen molar-refractivity contribution in [3.63, 3.8) is 0 Å². The number of nitrogens with zero attached hydrogens (tertiary/aromatic N) is 5. The van der Waals surface area contributed by atoms with E-state index in [0.717, 1.165) is 16.7 Å². The number of anilines is 1. The van der Waals surface area contributed by atoms with Crippen LogP contribution in [0, 0.1) is 6.92 Å². The van der Waals surface area contributed by atoms with Crippen LogP contribution in [-0.4, -0.2) is 37.7 Å². The monoisotopic (exact) mass is 475 g/mol. The lowest BCUT2D eigenvalue weighted by Gasteiger charge is -2.11. The zero-order valence-corrected chi connectivity index (χ0v) is 18.1. The molecule has 0 aliphatic rings. The third-order valence-corrected chi connectivity index (χ3v) is 5.21. The van der Waals surface area contributed by atoms with E-state index in [1.807, 2.05) is 0 Å². The highest BCUT2D eigenvalue weighted by molar-refractivity contribution is 7.13. The fraction of sp³-hybridized carbons (Fsp3) is 0.200. The summed E-state index contributed by atoms with van der Waals surface area (Å²) >= 11 is 0.832. The van der Waals surface area contributed by atoms with E-state index in [4.69, 9.17) is 4.42 Å². The second-order valence-corrected chi connectivity index (χ2v) is 7.58. The van der Waals surface area contributed by atoms with Crippen molar-refractivity contribution in [1.82, 2.24) is 30.5 Å². The van der Waals surface area contributed by atoms with Crippen LogP contribution in [0.3, 0.4) is 0 Å². The molecule has 0 aliphatic heterocycles. The zero-order valence-electron chi connectivity index (χ0n) is 17.3. The minimum absolute atomic E-state index is 0.109. The number of halogens is 3. The van der Waals surface area contributed by atoms with Crippen LogP contribution < -0.4 is 10.6 Å². The first-order chi connectivity index (χ1) is 15.7. The number of alkyl halides is 3. The van der Waals surface area contributed by atoms with Gasteiger partial charge in [-0.2, -0.15) is 13.2 Å². The summed E-state index contributed by atoms with van der Waals surface area (Å²) in [4.78, 5) is 24.1. The van der Waals surface area contributed by atoms with Crippen molar-refractivity contribution in [3.05, 3.63) is 47.7 Å². The molecule has 33 heavy (non-hydrogen) atoms. The van der Waals surface area contributed by atoms with Crippen LogP contribution in [0.2, 0.25) is 0 Å². The number of hydrogen-bond acceptors (Lipinski definition) is 8. The fourth-order valence-electron chi connectivity index (χ4n) is 2.90. The first kappa shape index (κ1) is 22.3. The molecule has 0 aromatic carbocycles. The number of nitrogens with one attached hydrogen (secondary N) is 2. The molecule has 4 heterocycles. The normalized spacial score (nSPS) is 11.4. The minimum atomic E-state index is -4.58. The van der Waals surface area contributed by atoms with E-state index in [1.54, 1.807) is 19.9 Å². The van der Waals surface area contributed by atoms with Gasteiger partial charge in [0.1, 0.15) is 10.8 Å². The second kappa shape index (κ2) is 8.94. The maximum Gasteiger partial charge on any atom is 0.434 e. The lowest BCUT2D eigenvalue weighted by atomic mass is 10.0. The largest absolute Gasteiger partial charge is 0.434 e. The predicted molar refractivity (Wildman–Crippen MR) is 114 cm³/mol. The van der Waals surface area contributed by atoms with Gasteiger partial charge in [-0.1, -0.05) is 0 Å². The molecule has 0 bridgehead atoms. The van der Waals surface area contributed by atoms with Crippen molar-refractivity contribution in [2.45, 2.75) is 20.0 Å². The van der Waals surface area contributed by atoms with Gasteiger partial charge in [0.15, 0.2) is 5.69 Å². The zero-order chi connectivity index (χ0) is 23.6. The molecule has 13 heteroatoms. The lowest BCUT2D eigenvalue weighted by Crippen LogP contribution is -2.28. The first-order valence-electron chi connectivity index (χ1n) is 9.58. The molecule has 4 aromatic rings. The molecule has 4 rings (SSSR count). The van der Waals surface area contributed by atoms with E-state index in [2.05, 4.69) is 35.8 Å². The SMILES string of the molecule is CCNC(=O)Nc1cc(-c2nc(C(F)(F)F)cs2)c(-c2cncc(-c3nnc(C)o3)c2)cn1. The Hall–Kier alpha value is -3.87. The Morgan fingerprint density at radius 2 is 1.91 bits per heavy atom. The third-order valence-electron chi connectivity index (χ3n) is 4.33. The van der Waals surface area contributed by atoms with Crippen molar-refractivity contribution in [1.29, 1.82) is 0 Å². The number of carbonyl (C=O) groups is 1. The van der Waals surface area contributed by atoms with Crippen molar-refractivity contribution in [2.75, 3.05) is 11.9 Å². The van der Waals surface area contributed by atoms with E-state index < -0.39 is 17.9 Å². The molecular weight excluding hydrogens is 459 g/mol. The Kier molecular flexibility index (Phi) is 6.05. The Morgan fingerprint density at radius 3 is 2.58 bits per heavy atom. The van der Waals surface area contributed by atoms with Gasteiger partial charge in [-0.3, -0.25) is 10.3 Å². The molecular formula is C20H16F3N7O2S. The summed E-state index contributed by atoms with van der Waals surface area (Å²) in [5.41, 5.74) is 0.873. The summed E-state index contributed by atoms with van der Waals surface area (Å²) in [5.74, 6) is 0.778. The standard InChI is InChI=1S/C20H16F3N7O2S/c1-3-25-19(31)28-16-5-13(18-27-15(9-33-18)20(21,22)23)14(8-26-16)11-4-12(7-24-6-11)17-30-29-10(2)32-17/h4-9H,3H2,1-2H3,(H2,25,26,28,31). The number of thiazole rings is 1. The fourth-order valence-corrected chi connectivity index (χ4v) is 3.75. The van der Waals surface area contributed by atoms with Crippen LogP contribution in [0.4, 0.5) is 23.8 Å². The van der Waals surface area contributed by atoms with Gasteiger partial charge in [-0.15, -0.1) is 21.5 Å². The molecule has 0 spiro atoms. The molecule has 4 aromatic heterocycles. The Bertz CT molecular complexity index is 1300. The molecule has 170 valence electrons. The number of aromatic nitrogens is 5. The van der Waals surface area contributed by atoms with E-state index in [0.29, 0.717) is 34.7 Å². The van der Waals surface area contributed by atoms with E-state index >= 15 is 0 Å². The number of hydrogen-bond donors (Lipinski definition) is 2. The van der Waals surface area contributed by atoms with Crippen molar-refractivity contribution >= 4 is 23.2 Å².